The molecule has 3 atom stereocenters. The topological polar surface area (TPSA) is 66.4 Å². The van der Waals surface area contributed by atoms with Crippen molar-refractivity contribution in [1.82, 2.24) is 5.32 Å². The molecule has 2 N–H and O–H groups in total. The van der Waals surface area contributed by atoms with Gasteiger partial charge in [0.05, 0.1) is 11.2 Å². The van der Waals surface area contributed by atoms with E-state index in [0.29, 0.717) is 24.1 Å². The van der Waals surface area contributed by atoms with Crippen LogP contribution in [0.4, 0.5) is 0 Å². The van der Waals surface area contributed by atoms with Crippen LogP contribution in [0.5, 0.6) is 0 Å². The van der Waals surface area contributed by atoms with Crippen LogP contribution in [-0.2, 0) is 16.0 Å². The van der Waals surface area contributed by atoms with E-state index in [4.69, 9.17) is 5.11 Å². The minimum atomic E-state index is -0.806. The third-order valence-corrected chi connectivity index (χ3v) is 6.49. The Morgan fingerprint density at radius 3 is 2.67 bits per heavy atom. The fourth-order valence-electron chi connectivity index (χ4n) is 4.55. The van der Waals surface area contributed by atoms with Crippen molar-refractivity contribution in [3.8, 4) is 0 Å². The Labute approximate surface area is 147 Å². The van der Waals surface area contributed by atoms with Gasteiger partial charge in [-0.15, -0.1) is 11.8 Å². The zero-order valence-corrected chi connectivity index (χ0v) is 14.7. The number of carboxylic acid groups (broad SMARTS) is 1. The third kappa shape index (κ3) is 3.77. The first-order valence-corrected chi connectivity index (χ1v) is 9.87. The first-order chi connectivity index (χ1) is 11.6. The van der Waals surface area contributed by atoms with Crippen LogP contribution in [0.1, 0.15) is 31.2 Å². The molecule has 2 aliphatic carbocycles. The lowest BCUT2D eigenvalue weighted by Gasteiger charge is -2.36. The van der Waals surface area contributed by atoms with E-state index in [0.717, 1.165) is 12.8 Å². The van der Waals surface area contributed by atoms with Gasteiger partial charge in [0.25, 0.3) is 0 Å². The highest BCUT2D eigenvalue weighted by atomic mass is 32.2. The number of aliphatic carboxylic acids is 1. The van der Waals surface area contributed by atoms with Gasteiger partial charge in [0.15, 0.2) is 0 Å². The summed E-state index contributed by atoms with van der Waals surface area (Å²) in [6, 6.07) is 10.3. The summed E-state index contributed by atoms with van der Waals surface area (Å²) in [5.41, 5.74) is 0.974. The number of carboxylic acids is 1. The smallest absolute Gasteiger partial charge is 0.313 e. The molecule has 0 saturated heterocycles. The molecule has 2 fully saturated rings. The standard InChI is InChI=1S/C19H25NO3S/c21-17(22)13-24-9-8-20-18(23)19(11-14-4-2-1-3-5-14)12-15-6-7-16(19)10-15/h1-5,15-16H,6-13H2,(H,20,23)(H,21,22). The highest BCUT2D eigenvalue weighted by Gasteiger charge is 2.55. The van der Waals surface area contributed by atoms with Crippen molar-refractivity contribution in [3.63, 3.8) is 0 Å². The molecule has 3 rings (SSSR count). The molecule has 0 spiro atoms. The van der Waals surface area contributed by atoms with Crippen LogP contribution in [0.15, 0.2) is 30.3 Å². The van der Waals surface area contributed by atoms with E-state index in [2.05, 4.69) is 17.4 Å². The maximum atomic E-state index is 13.0. The monoisotopic (exact) mass is 347 g/mol. The molecule has 5 heteroatoms. The van der Waals surface area contributed by atoms with Crippen LogP contribution >= 0.6 is 11.8 Å². The molecule has 130 valence electrons. The van der Waals surface area contributed by atoms with Crippen LogP contribution in [0.25, 0.3) is 0 Å². The number of carbonyl (C=O) groups is 2. The van der Waals surface area contributed by atoms with Crippen LogP contribution < -0.4 is 5.32 Å². The van der Waals surface area contributed by atoms with Crippen LogP contribution in [0.3, 0.4) is 0 Å². The number of carbonyl (C=O) groups excluding carboxylic acids is 1. The predicted octanol–water partition coefficient (Wildman–Crippen LogP) is 2.97. The van der Waals surface area contributed by atoms with E-state index in [1.807, 2.05) is 18.2 Å². The summed E-state index contributed by atoms with van der Waals surface area (Å²) in [6.07, 6.45) is 5.44. The largest absolute Gasteiger partial charge is 0.481 e. The molecule has 1 aromatic rings. The lowest BCUT2D eigenvalue weighted by atomic mass is 9.68. The Morgan fingerprint density at radius 2 is 2.04 bits per heavy atom. The van der Waals surface area contributed by atoms with Crippen LogP contribution in [0.2, 0.25) is 0 Å². The molecular formula is C19H25NO3S. The van der Waals surface area contributed by atoms with Gasteiger partial charge in [-0.2, -0.15) is 0 Å². The second-order valence-corrected chi connectivity index (χ2v) is 8.21. The molecule has 0 aromatic heterocycles. The molecule has 24 heavy (non-hydrogen) atoms. The number of benzene rings is 1. The zero-order chi connectivity index (χ0) is 17.0. The molecule has 0 aliphatic heterocycles. The number of hydrogen-bond acceptors (Lipinski definition) is 3. The number of hydrogen-bond donors (Lipinski definition) is 2. The molecule has 1 aromatic carbocycles. The lowest BCUT2D eigenvalue weighted by molar-refractivity contribution is -0.134. The normalized spacial score (nSPS) is 28.0. The van der Waals surface area contributed by atoms with E-state index in [-0.39, 0.29) is 17.1 Å². The van der Waals surface area contributed by atoms with E-state index < -0.39 is 5.97 Å². The number of nitrogens with one attached hydrogen (secondary N) is 1. The van der Waals surface area contributed by atoms with Crippen molar-refractivity contribution in [2.24, 2.45) is 17.3 Å². The van der Waals surface area contributed by atoms with E-state index in [1.54, 1.807) is 0 Å². The molecule has 2 aliphatic rings. The van der Waals surface area contributed by atoms with Gasteiger partial charge in [-0.1, -0.05) is 36.8 Å². The Kier molecular flexibility index (Phi) is 5.49. The average Bonchev–Trinajstić information content (AvgIpc) is 3.16. The predicted molar refractivity (Wildman–Crippen MR) is 96.0 cm³/mol. The number of fused-ring (bicyclic) bond motifs is 2. The van der Waals surface area contributed by atoms with Gasteiger partial charge >= 0.3 is 5.97 Å². The van der Waals surface area contributed by atoms with E-state index >= 15 is 0 Å². The van der Waals surface area contributed by atoms with Crippen molar-refractivity contribution in [2.75, 3.05) is 18.1 Å². The first-order valence-electron chi connectivity index (χ1n) is 8.72. The fraction of sp³-hybridized carbons (Fsp3) is 0.579. The Hall–Kier alpha value is -1.49. The maximum absolute atomic E-state index is 13.0. The Morgan fingerprint density at radius 1 is 1.25 bits per heavy atom. The molecule has 2 saturated carbocycles. The summed E-state index contributed by atoms with van der Waals surface area (Å²) in [5.74, 6) is 1.30. The zero-order valence-electron chi connectivity index (χ0n) is 13.9. The van der Waals surface area contributed by atoms with Crippen molar-refractivity contribution < 1.29 is 14.7 Å². The molecule has 0 radical (unpaired) electrons. The minimum Gasteiger partial charge on any atom is -0.481 e. The van der Waals surface area contributed by atoms with Crippen molar-refractivity contribution in [2.45, 2.75) is 32.1 Å². The molecule has 0 heterocycles. The van der Waals surface area contributed by atoms with Crippen molar-refractivity contribution >= 4 is 23.6 Å². The van der Waals surface area contributed by atoms with Gasteiger partial charge in [0, 0.05) is 12.3 Å². The first kappa shape index (κ1) is 17.3. The molecular weight excluding hydrogens is 322 g/mol. The maximum Gasteiger partial charge on any atom is 0.313 e. The Balaban J connectivity index is 1.62. The quantitative estimate of drug-likeness (QED) is 0.710. The van der Waals surface area contributed by atoms with Gasteiger partial charge < -0.3 is 10.4 Å². The lowest BCUT2D eigenvalue weighted by Crippen LogP contribution is -2.46. The van der Waals surface area contributed by atoms with Crippen molar-refractivity contribution in [3.05, 3.63) is 35.9 Å². The van der Waals surface area contributed by atoms with E-state index in [9.17, 15) is 9.59 Å². The van der Waals surface area contributed by atoms with E-state index in [1.165, 1.54) is 36.6 Å². The summed E-state index contributed by atoms with van der Waals surface area (Å²) in [5, 5.41) is 11.8. The summed E-state index contributed by atoms with van der Waals surface area (Å²) in [4.78, 5) is 23.6. The number of amides is 1. The van der Waals surface area contributed by atoms with Gasteiger partial charge in [-0.25, -0.2) is 0 Å². The molecule has 2 bridgehead atoms. The highest BCUT2D eigenvalue weighted by molar-refractivity contribution is 7.99. The molecule has 4 nitrogen and oxygen atoms in total. The average molecular weight is 347 g/mol. The fourth-order valence-corrected chi connectivity index (χ4v) is 5.12. The number of rotatable bonds is 8. The minimum absolute atomic E-state index is 0.0930. The third-order valence-electron chi connectivity index (χ3n) is 5.55. The van der Waals surface area contributed by atoms with Gasteiger partial charge in [0.1, 0.15) is 0 Å². The SMILES string of the molecule is O=C(O)CSCCNC(=O)C1(Cc2ccccc2)CC2CCC1C2. The molecule has 1 amide bonds. The summed E-state index contributed by atoms with van der Waals surface area (Å²) < 4.78 is 0. The second kappa shape index (κ2) is 7.60. The van der Waals surface area contributed by atoms with Crippen LogP contribution in [-0.4, -0.2) is 35.0 Å². The van der Waals surface area contributed by atoms with Crippen LogP contribution in [0, 0.1) is 17.3 Å². The summed E-state index contributed by atoms with van der Waals surface area (Å²) >= 11 is 1.35. The Bertz CT molecular complexity index is 592. The molecule has 3 unspecified atom stereocenters. The van der Waals surface area contributed by atoms with Crippen molar-refractivity contribution in [1.29, 1.82) is 0 Å². The van der Waals surface area contributed by atoms with Gasteiger partial charge in [-0.3, -0.25) is 9.59 Å². The highest BCUT2D eigenvalue weighted by Crippen LogP contribution is 2.57. The summed E-state index contributed by atoms with van der Waals surface area (Å²) in [7, 11) is 0. The second-order valence-electron chi connectivity index (χ2n) is 7.10. The summed E-state index contributed by atoms with van der Waals surface area (Å²) in [6.45, 7) is 0.546. The number of thioether (sulfide) groups is 1. The van der Waals surface area contributed by atoms with Gasteiger partial charge in [-0.05, 0) is 43.1 Å². The van der Waals surface area contributed by atoms with Gasteiger partial charge in [0.2, 0.25) is 5.91 Å².